The largest absolute Gasteiger partial charge is 0.378 e. The number of fused-ring (bicyclic) bond motifs is 4. The number of aromatic nitrogens is 1. The lowest BCUT2D eigenvalue weighted by Gasteiger charge is -2.45. The number of nitrogens with one attached hydrogen (secondary N) is 1. The second-order valence-corrected chi connectivity index (χ2v) is 8.92. The Morgan fingerprint density at radius 1 is 1.22 bits per heavy atom. The predicted octanol–water partition coefficient (Wildman–Crippen LogP) is 5.36. The standard InChI is InChI=1S/C28H31N3O/c1-6-24-23-16-19(2)18-28(24,25-13-14-27(32)30-26(25)17-23)29-15-7-8-21-9-11-22(12-10-21)20(3)31(4)5/h6-16,23H,3,17-18H2,1-2,4-5H3,(H,30,32)/b8-7+,24-6+,29-15?. The Bertz CT molecular complexity index is 1210. The van der Waals surface area contributed by atoms with Crippen LogP contribution in [0.4, 0.5) is 0 Å². The highest BCUT2D eigenvalue weighted by molar-refractivity contribution is 5.79. The minimum atomic E-state index is -0.451. The van der Waals surface area contributed by atoms with Crippen molar-refractivity contribution in [2.24, 2.45) is 10.9 Å². The third-order valence-corrected chi connectivity index (χ3v) is 6.53. The van der Waals surface area contributed by atoms with E-state index < -0.39 is 5.54 Å². The molecule has 2 unspecified atom stereocenters. The number of benzene rings is 1. The molecule has 0 spiro atoms. The highest BCUT2D eigenvalue weighted by atomic mass is 16.1. The maximum absolute atomic E-state index is 12.0. The summed E-state index contributed by atoms with van der Waals surface area (Å²) in [6, 6.07) is 11.9. The van der Waals surface area contributed by atoms with Crippen molar-refractivity contribution in [1.29, 1.82) is 0 Å². The lowest BCUT2D eigenvalue weighted by Crippen LogP contribution is -2.40. The molecule has 2 aromatic rings. The molecule has 0 saturated carbocycles. The minimum Gasteiger partial charge on any atom is -0.378 e. The third kappa shape index (κ3) is 3.93. The van der Waals surface area contributed by atoms with Crippen LogP contribution in [0.5, 0.6) is 0 Å². The van der Waals surface area contributed by atoms with Crippen LogP contribution in [0.3, 0.4) is 0 Å². The van der Waals surface area contributed by atoms with Gasteiger partial charge in [0.25, 0.3) is 0 Å². The second-order valence-electron chi connectivity index (χ2n) is 8.92. The summed E-state index contributed by atoms with van der Waals surface area (Å²) in [5.74, 6) is 0.276. The molecule has 164 valence electrons. The van der Waals surface area contributed by atoms with Crippen LogP contribution in [0.1, 0.15) is 42.7 Å². The molecule has 4 nitrogen and oxygen atoms in total. The summed E-state index contributed by atoms with van der Waals surface area (Å²) in [5.41, 5.74) is 7.50. The van der Waals surface area contributed by atoms with Gasteiger partial charge in [-0.3, -0.25) is 9.79 Å². The molecule has 4 heteroatoms. The highest BCUT2D eigenvalue weighted by Gasteiger charge is 2.46. The van der Waals surface area contributed by atoms with Gasteiger partial charge in [-0.05, 0) is 49.1 Å². The minimum absolute atomic E-state index is 0.0501. The summed E-state index contributed by atoms with van der Waals surface area (Å²) in [7, 11) is 3.99. The first kappa shape index (κ1) is 21.8. The fourth-order valence-electron chi connectivity index (χ4n) is 5.02. The Morgan fingerprint density at radius 3 is 2.66 bits per heavy atom. The number of hydrogen-bond donors (Lipinski definition) is 1. The molecule has 1 aromatic heterocycles. The Labute approximate surface area is 190 Å². The number of allylic oxidation sites excluding steroid dienone is 3. The van der Waals surface area contributed by atoms with Crippen molar-refractivity contribution >= 4 is 18.0 Å². The van der Waals surface area contributed by atoms with Crippen LogP contribution in [0.2, 0.25) is 0 Å². The average Bonchev–Trinajstić information content (AvgIpc) is 2.76. The topological polar surface area (TPSA) is 48.5 Å². The Morgan fingerprint density at radius 2 is 1.97 bits per heavy atom. The summed E-state index contributed by atoms with van der Waals surface area (Å²) < 4.78 is 0. The molecule has 0 fully saturated rings. The van der Waals surface area contributed by atoms with Crippen molar-refractivity contribution in [2.45, 2.75) is 32.2 Å². The Balaban J connectivity index is 1.65. The summed E-state index contributed by atoms with van der Waals surface area (Å²) >= 11 is 0. The van der Waals surface area contributed by atoms with Crippen molar-refractivity contribution in [3.8, 4) is 0 Å². The number of aliphatic imine (C=N–C) groups is 1. The number of aromatic amines is 1. The second kappa shape index (κ2) is 8.62. The zero-order valence-electron chi connectivity index (χ0n) is 19.4. The normalized spacial score (nSPS) is 23.4. The van der Waals surface area contributed by atoms with Gasteiger partial charge in [-0.2, -0.15) is 0 Å². The number of rotatable bonds is 5. The fourth-order valence-corrected chi connectivity index (χ4v) is 5.02. The molecule has 0 saturated heterocycles. The van der Waals surface area contributed by atoms with Gasteiger partial charge in [-0.15, -0.1) is 0 Å². The number of H-pyrrole nitrogens is 1. The van der Waals surface area contributed by atoms with Gasteiger partial charge < -0.3 is 9.88 Å². The maximum Gasteiger partial charge on any atom is 0.248 e. The Kier molecular flexibility index (Phi) is 5.88. The Hall–Kier alpha value is -3.40. The molecule has 0 aliphatic heterocycles. The molecule has 1 N–H and O–H groups in total. The molecule has 2 atom stereocenters. The van der Waals surface area contributed by atoms with Gasteiger partial charge in [-0.1, -0.05) is 54.6 Å². The van der Waals surface area contributed by atoms with E-state index in [0.717, 1.165) is 40.9 Å². The first-order valence-electron chi connectivity index (χ1n) is 11.1. The zero-order valence-corrected chi connectivity index (χ0v) is 19.4. The van der Waals surface area contributed by atoms with Crippen molar-refractivity contribution in [3.05, 3.63) is 105 Å². The predicted molar refractivity (Wildman–Crippen MR) is 135 cm³/mol. The van der Waals surface area contributed by atoms with E-state index in [2.05, 4.69) is 67.9 Å². The van der Waals surface area contributed by atoms with Crippen LogP contribution >= 0.6 is 0 Å². The molecular formula is C28H31N3O. The average molecular weight is 426 g/mol. The van der Waals surface area contributed by atoms with Gasteiger partial charge in [-0.25, -0.2) is 0 Å². The van der Waals surface area contributed by atoms with Crippen LogP contribution in [0, 0.1) is 5.92 Å². The van der Waals surface area contributed by atoms with Crippen molar-refractivity contribution in [3.63, 3.8) is 0 Å². The molecular weight excluding hydrogens is 394 g/mol. The van der Waals surface area contributed by atoms with Crippen LogP contribution in [-0.4, -0.2) is 30.2 Å². The van der Waals surface area contributed by atoms with Crippen LogP contribution < -0.4 is 5.56 Å². The third-order valence-electron chi connectivity index (χ3n) is 6.53. The van der Waals surface area contributed by atoms with E-state index in [0.29, 0.717) is 0 Å². The first-order valence-corrected chi connectivity index (χ1v) is 11.1. The van der Waals surface area contributed by atoms with Crippen molar-refractivity contribution < 1.29 is 0 Å². The highest BCUT2D eigenvalue weighted by Crippen LogP contribution is 2.51. The number of pyridine rings is 1. The summed E-state index contributed by atoms with van der Waals surface area (Å²) in [5, 5.41) is 0. The van der Waals surface area contributed by atoms with E-state index in [4.69, 9.17) is 4.99 Å². The molecule has 0 radical (unpaired) electrons. The van der Waals surface area contributed by atoms with Crippen molar-refractivity contribution in [1.82, 2.24) is 9.88 Å². The van der Waals surface area contributed by atoms with Crippen molar-refractivity contribution in [2.75, 3.05) is 14.1 Å². The monoisotopic (exact) mass is 425 g/mol. The van der Waals surface area contributed by atoms with Gasteiger partial charge in [0.15, 0.2) is 0 Å². The van der Waals surface area contributed by atoms with Gasteiger partial charge >= 0.3 is 0 Å². The van der Waals surface area contributed by atoms with Gasteiger partial charge in [0.1, 0.15) is 5.54 Å². The molecule has 2 bridgehead atoms. The quantitative estimate of drug-likeness (QED) is 0.518. The number of hydrogen-bond acceptors (Lipinski definition) is 3. The maximum atomic E-state index is 12.0. The van der Waals surface area contributed by atoms with E-state index in [1.54, 1.807) is 6.07 Å². The lowest BCUT2D eigenvalue weighted by molar-refractivity contribution is 0.413. The van der Waals surface area contributed by atoms with Crippen LogP contribution in [0.25, 0.3) is 11.8 Å². The van der Waals surface area contributed by atoms with Gasteiger partial charge in [0.2, 0.25) is 5.56 Å². The molecule has 32 heavy (non-hydrogen) atoms. The van der Waals surface area contributed by atoms with E-state index >= 15 is 0 Å². The lowest BCUT2D eigenvalue weighted by atomic mass is 9.63. The summed E-state index contributed by atoms with van der Waals surface area (Å²) in [6.45, 7) is 8.38. The zero-order chi connectivity index (χ0) is 22.9. The van der Waals surface area contributed by atoms with Crippen LogP contribution in [-0.2, 0) is 12.0 Å². The summed E-state index contributed by atoms with van der Waals surface area (Å²) in [4.78, 5) is 22.2. The molecule has 0 amide bonds. The first-order chi connectivity index (χ1) is 15.3. The fraction of sp³-hybridized carbons (Fsp3) is 0.286. The SMILES string of the molecule is C=C(c1ccc(/C=C/C=NC23CC(C)=CC(Cc4[nH]c(=O)ccc42)/C3=C\C)cc1)N(C)C. The van der Waals surface area contributed by atoms with Crippen LogP contribution in [0.15, 0.2) is 82.1 Å². The van der Waals surface area contributed by atoms with Gasteiger partial charge in [0, 0.05) is 55.7 Å². The smallest absolute Gasteiger partial charge is 0.248 e. The molecule has 2 aliphatic rings. The molecule has 1 heterocycles. The van der Waals surface area contributed by atoms with E-state index in [1.807, 2.05) is 37.4 Å². The van der Waals surface area contributed by atoms with Gasteiger partial charge in [0.05, 0.1) is 0 Å². The molecule has 4 rings (SSSR count). The molecule has 2 aliphatic carbocycles. The van der Waals surface area contributed by atoms with E-state index in [9.17, 15) is 4.79 Å². The molecule has 1 aromatic carbocycles. The summed E-state index contributed by atoms with van der Waals surface area (Å²) in [6.07, 6.45) is 12.2. The van der Waals surface area contributed by atoms with E-state index in [-0.39, 0.29) is 11.5 Å². The number of nitrogens with zero attached hydrogens (tertiary/aromatic N) is 2. The van der Waals surface area contributed by atoms with E-state index in [1.165, 1.54) is 11.1 Å².